The van der Waals surface area contributed by atoms with Crippen LogP contribution in [-0.2, 0) is 0 Å². The molecule has 1 aromatic heterocycles. The molecule has 1 aliphatic heterocycles. The molecule has 0 radical (unpaired) electrons. The number of carbonyl (C=O) groups excluding carboxylic acids is 1. The molecule has 0 unspecified atom stereocenters. The lowest BCUT2D eigenvalue weighted by molar-refractivity contribution is 0.0947. The summed E-state index contributed by atoms with van der Waals surface area (Å²) in [5.41, 5.74) is 1.46. The van der Waals surface area contributed by atoms with E-state index in [9.17, 15) is 4.79 Å². The number of aromatic nitrogens is 1. The van der Waals surface area contributed by atoms with Crippen molar-refractivity contribution >= 4 is 32.6 Å². The number of ether oxygens (including phenoxy) is 3. The minimum atomic E-state index is -0.0799. The average molecular weight is 519 g/mol. The molecule has 1 saturated heterocycles. The summed E-state index contributed by atoms with van der Waals surface area (Å²) in [6.07, 6.45) is 0. The number of hydrogen-bond acceptors (Lipinski definition) is 8. The Morgan fingerprint density at radius 1 is 0.919 bits per heavy atom. The first-order valence-corrected chi connectivity index (χ1v) is 13.1. The van der Waals surface area contributed by atoms with E-state index < -0.39 is 0 Å². The fourth-order valence-electron chi connectivity index (χ4n) is 4.32. The molecule has 192 valence electrons. The van der Waals surface area contributed by atoms with Gasteiger partial charge >= 0.3 is 0 Å². The molecule has 0 bridgehead atoms. The van der Waals surface area contributed by atoms with Crippen molar-refractivity contribution in [3.05, 3.63) is 72.3 Å². The molecule has 37 heavy (non-hydrogen) atoms. The Morgan fingerprint density at radius 2 is 1.65 bits per heavy atom. The SMILES string of the molecule is COc1ccc2sc(N3CCN(CCNC(=O)c4ccc(Oc5ccccc5)cc4)CC3)nc2c1OC. The van der Waals surface area contributed by atoms with Crippen molar-refractivity contribution in [2.75, 3.05) is 58.4 Å². The number of anilines is 1. The summed E-state index contributed by atoms with van der Waals surface area (Å²) >= 11 is 1.67. The standard InChI is InChI=1S/C28H30N4O4S/c1-34-23-12-13-24-25(26(23)35-2)30-28(37-24)32-18-16-31(17-19-32)15-14-29-27(33)20-8-10-22(11-9-20)36-21-6-4-3-5-7-21/h3-13H,14-19H2,1-2H3,(H,29,33). The van der Waals surface area contributed by atoms with Crippen LogP contribution in [0.4, 0.5) is 5.13 Å². The van der Waals surface area contributed by atoms with Gasteiger partial charge in [0, 0.05) is 44.8 Å². The number of methoxy groups -OCH3 is 2. The summed E-state index contributed by atoms with van der Waals surface area (Å²) in [7, 11) is 3.28. The van der Waals surface area contributed by atoms with Gasteiger partial charge in [-0.25, -0.2) is 4.98 Å². The fourth-order valence-corrected chi connectivity index (χ4v) is 5.34. The van der Waals surface area contributed by atoms with Crippen molar-refractivity contribution in [2.45, 2.75) is 0 Å². The van der Waals surface area contributed by atoms with Crippen LogP contribution in [0, 0.1) is 0 Å². The molecule has 1 fully saturated rings. The van der Waals surface area contributed by atoms with Crippen LogP contribution >= 0.6 is 11.3 Å². The number of rotatable bonds is 9. The van der Waals surface area contributed by atoms with Gasteiger partial charge in [-0.2, -0.15) is 0 Å². The van der Waals surface area contributed by atoms with Gasteiger partial charge in [0.15, 0.2) is 16.6 Å². The number of para-hydroxylation sites is 1. The van der Waals surface area contributed by atoms with Crippen LogP contribution in [0.1, 0.15) is 10.4 Å². The van der Waals surface area contributed by atoms with Crippen molar-refractivity contribution < 1.29 is 19.0 Å². The fraction of sp³-hybridized carbons (Fsp3) is 0.286. The summed E-state index contributed by atoms with van der Waals surface area (Å²) < 4.78 is 17.8. The molecular weight excluding hydrogens is 488 g/mol. The van der Waals surface area contributed by atoms with Gasteiger partial charge in [-0.05, 0) is 48.5 Å². The van der Waals surface area contributed by atoms with Crippen molar-refractivity contribution in [1.82, 2.24) is 15.2 Å². The highest BCUT2D eigenvalue weighted by Gasteiger charge is 2.22. The minimum Gasteiger partial charge on any atom is -0.493 e. The lowest BCUT2D eigenvalue weighted by atomic mass is 10.2. The van der Waals surface area contributed by atoms with Gasteiger partial charge in [0.25, 0.3) is 5.91 Å². The van der Waals surface area contributed by atoms with Gasteiger partial charge in [0.1, 0.15) is 17.0 Å². The summed E-state index contributed by atoms with van der Waals surface area (Å²) in [6.45, 7) is 5.00. The molecule has 1 N–H and O–H groups in total. The Morgan fingerprint density at radius 3 is 2.35 bits per heavy atom. The highest BCUT2D eigenvalue weighted by molar-refractivity contribution is 7.22. The number of amides is 1. The third kappa shape index (κ3) is 5.79. The van der Waals surface area contributed by atoms with E-state index in [1.54, 1.807) is 37.7 Å². The predicted molar refractivity (Wildman–Crippen MR) is 147 cm³/mol. The number of hydrogen-bond donors (Lipinski definition) is 1. The minimum absolute atomic E-state index is 0.0799. The van der Waals surface area contributed by atoms with Crippen LogP contribution in [0.3, 0.4) is 0 Å². The quantitative estimate of drug-likeness (QED) is 0.345. The highest BCUT2D eigenvalue weighted by atomic mass is 32.1. The van der Waals surface area contributed by atoms with E-state index in [1.807, 2.05) is 54.6 Å². The van der Waals surface area contributed by atoms with Gasteiger partial charge in [0.2, 0.25) is 0 Å². The molecule has 4 aromatic rings. The topological polar surface area (TPSA) is 76.2 Å². The van der Waals surface area contributed by atoms with E-state index in [0.29, 0.717) is 29.4 Å². The number of thiazole rings is 1. The number of carbonyl (C=O) groups is 1. The molecule has 1 amide bonds. The second-order valence-electron chi connectivity index (χ2n) is 8.67. The van der Waals surface area contributed by atoms with E-state index in [1.165, 1.54) is 0 Å². The van der Waals surface area contributed by atoms with E-state index >= 15 is 0 Å². The number of benzene rings is 3. The first-order chi connectivity index (χ1) is 18.1. The zero-order chi connectivity index (χ0) is 25.6. The third-order valence-electron chi connectivity index (χ3n) is 6.34. The van der Waals surface area contributed by atoms with Crippen molar-refractivity contribution in [1.29, 1.82) is 0 Å². The molecule has 0 aliphatic carbocycles. The summed E-state index contributed by atoms with van der Waals surface area (Å²) in [4.78, 5) is 22.1. The van der Waals surface area contributed by atoms with Crippen LogP contribution < -0.4 is 24.4 Å². The van der Waals surface area contributed by atoms with Gasteiger partial charge in [-0.15, -0.1) is 0 Å². The van der Waals surface area contributed by atoms with Crippen LogP contribution in [0.5, 0.6) is 23.0 Å². The molecule has 1 aliphatic rings. The Hall–Kier alpha value is -3.82. The van der Waals surface area contributed by atoms with Gasteiger partial charge in [-0.3, -0.25) is 9.69 Å². The van der Waals surface area contributed by atoms with Gasteiger partial charge in [0.05, 0.1) is 18.9 Å². The van der Waals surface area contributed by atoms with Crippen LogP contribution in [0.2, 0.25) is 0 Å². The second kappa shape index (κ2) is 11.5. The van der Waals surface area contributed by atoms with Crippen molar-refractivity contribution in [2.24, 2.45) is 0 Å². The Balaban J connectivity index is 1.08. The third-order valence-corrected chi connectivity index (χ3v) is 7.42. The maximum atomic E-state index is 12.6. The zero-order valence-electron chi connectivity index (χ0n) is 21.0. The number of nitrogens with zero attached hydrogens (tertiary/aromatic N) is 3. The molecular formula is C28H30N4O4S. The molecule has 2 heterocycles. The molecule has 9 heteroatoms. The first kappa shape index (κ1) is 24.9. The summed E-state index contributed by atoms with van der Waals surface area (Å²) in [5, 5.41) is 4.02. The van der Waals surface area contributed by atoms with Gasteiger partial charge < -0.3 is 24.4 Å². The largest absolute Gasteiger partial charge is 0.493 e. The van der Waals surface area contributed by atoms with E-state index in [4.69, 9.17) is 19.2 Å². The summed E-state index contributed by atoms with van der Waals surface area (Å²) in [6, 6.07) is 20.7. The van der Waals surface area contributed by atoms with Crippen LogP contribution in [-0.4, -0.2) is 69.3 Å². The lowest BCUT2D eigenvalue weighted by Crippen LogP contribution is -2.48. The predicted octanol–water partition coefficient (Wildman–Crippen LogP) is 4.66. The molecule has 8 nitrogen and oxygen atoms in total. The molecule has 3 aromatic carbocycles. The molecule has 5 rings (SSSR count). The monoisotopic (exact) mass is 518 g/mol. The van der Waals surface area contributed by atoms with Crippen LogP contribution in [0.15, 0.2) is 66.7 Å². The second-order valence-corrected chi connectivity index (χ2v) is 9.68. The number of nitrogens with one attached hydrogen (secondary N) is 1. The maximum absolute atomic E-state index is 12.6. The average Bonchev–Trinajstić information content (AvgIpc) is 3.38. The Bertz CT molecular complexity index is 1340. The lowest BCUT2D eigenvalue weighted by Gasteiger charge is -2.34. The van der Waals surface area contributed by atoms with Crippen LogP contribution in [0.25, 0.3) is 10.2 Å². The molecule has 0 saturated carbocycles. The smallest absolute Gasteiger partial charge is 0.251 e. The number of fused-ring (bicyclic) bond motifs is 1. The zero-order valence-corrected chi connectivity index (χ0v) is 21.8. The van der Waals surface area contributed by atoms with Crippen molar-refractivity contribution in [3.63, 3.8) is 0 Å². The molecule has 0 atom stereocenters. The van der Waals surface area contributed by atoms with E-state index in [0.717, 1.165) is 53.8 Å². The van der Waals surface area contributed by atoms with E-state index in [2.05, 4.69) is 15.1 Å². The first-order valence-electron chi connectivity index (χ1n) is 12.2. The van der Waals surface area contributed by atoms with E-state index in [-0.39, 0.29) is 5.91 Å². The summed E-state index contributed by atoms with van der Waals surface area (Å²) in [5.74, 6) is 2.75. The van der Waals surface area contributed by atoms with Crippen molar-refractivity contribution in [3.8, 4) is 23.0 Å². The number of piperazine rings is 1. The van der Waals surface area contributed by atoms with Gasteiger partial charge in [-0.1, -0.05) is 29.5 Å². The normalized spacial score (nSPS) is 13.9. The maximum Gasteiger partial charge on any atom is 0.251 e. The Labute approximate surface area is 220 Å². The Kier molecular flexibility index (Phi) is 7.72. The molecule has 0 spiro atoms. The highest BCUT2D eigenvalue weighted by Crippen LogP contribution is 2.40.